The number of H-pyrrole nitrogens is 1. The van der Waals surface area contributed by atoms with Crippen molar-refractivity contribution < 1.29 is 9.90 Å². The van der Waals surface area contributed by atoms with E-state index in [1.165, 1.54) is 0 Å². The molecule has 0 bridgehead atoms. The molecule has 1 aliphatic carbocycles. The summed E-state index contributed by atoms with van der Waals surface area (Å²) in [6, 6.07) is 7.89. The molecule has 0 aliphatic heterocycles. The van der Waals surface area contributed by atoms with Gasteiger partial charge in [-0.15, -0.1) is 0 Å². The number of aromatic nitrogens is 3. The lowest BCUT2D eigenvalue weighted by atomic mass is 10.0. The molecule has 0 radical (unpaired) electrons. The van der Waals surface area contributed by atoms with E-state index in [0.29, 0.717) is 10.6 Å². The minimum absolute atomic E-state index is 0.0781. The molecule has 128 valence electrons. The van der Waals surface area contributed by atoms with Crippen LogP contribution in [0.15, 0.2) is 24.3 Å². The third kappa shape index (κ3) is 3.73. The van der Waals surface area contributed by atoms with Crippen LogP contribution in [0.2, 0.25) is 0 Å². The zero-order chi connectivity index (χ0) is 17.2. The van der Waals surface area contributed by atoms with Gasteiger partial charge in [0.1, 0.15) is 6.54 Å². The van der Waals surface area contributed by atoms with E-state index in [0.717, 1.165) is 36.8 Å². The highest BCUT2D eigenvalue weighted by molar-refractivity contribution is 7.71. The fraction of sp³-hybridized carbons (Fsp3) is 0.471. The van der Waals surface area contributed by atoms with Crippen LogP contribution in [0.4, 0.5) is 0 Å². The molecule has 1 aromatic heterocycles. The van der Waals surface area contributed by atoms with E-state index in [-0.39, 0.29) is 19.0 Å². The molecule has 7 heteroatoms. The van der Waals surface area contributed by atoms with Crippen molar-refractivity contribution in [2.24, 2.45) is 0 Å². The van der Waals surface area contributed by atoms with Crippen LogP contribution in [0.3, 0.4) is 0 Å². The maximum Gasteiger partial charge on any atom is 0.240 e. The number of rotatable bonds is 5. The molecular weight excluding hydrogens is 324 g/mol. The van der Waals surface area contributed by atoms with Gasteiger partial charge in [-0.3, -0.25) is 14.5 Å². The first-order valence-corrected chi connectivity index (χ1v) is 8.59. The number of amides is 1. The fourth-order valence-electron chi connectivity index (χ4n) is 3.14. The van der Waals surface area contributed by atoms with Gasteiger partial charge in [-0.2, -0.15) is 5.10 Å². The number of hydrogen-bond donors (Lipinski definition) is 3. The molecule has 1 aliphatic rings. The first-order chi connectivity index (χ1) is 11.5. The molecule has 2 aromatic rings. The molecule has 0 atom stereocenters. The first kappa shape index (κ1) is 16.9. The number of aryl methyl sites for hydroxylation is 1. The number of carbonyl (C=O) groups excluding carboxylic acids is 1. The summed E-state index contributed by atoms with van der Waals surface area (Å²) in [7, 11) is 0. The van der Waals surface area contributed by atoms with Crippen LogP contribution in [0.25, 0.3) is 11.4 Å². The number of hydrogen-bond acceptors (Lipinski definition) is 4. The zero-order valence-electron chi connectivity index (χ0n) is 13.7. The largest absolute Gasteiger partial charge is 0.388 e. The smallest absolute Gasteiger partial charge is 0.240 e. The predicted octanol–water partition coefficient (Wildman–Crippen LogP) is 2.34. The van der Waals surface area contributed by atoms with E-state index >= 15 is 0 Å². The highest BCUT2D eigenvalue weighted by atomic mass is 32.1. The lowest BCUT2D eigenvalue weighted by Crippen LogP contribution is -2.42. The number of carbonyl (C=O) groups is 1. The van der Waals surface area contributed by atoms with E-state index in [4.69, 9.17) is 12.2 Å². The van der Waals surface area contributed by atoms with Crippen molar-refractivity contribution in [1.29, 1.82) is 0 Å². The SMILES string of the molecule is Cc1cccc(-c2n[nH]c(=S)n2CC(=O)NCC2(O)CCCC2)c1. The van der Waals surface area contributed by atoms with Crippen molar-refractivity contribution in [3.63, 3.8) is 0 Å². The zero-order valence-corrected chi connectivity index (χ0v) is 14.5. The second-order valence-electron chi connectivity index (χ2n) is 6.52. The van der Waals surface area contributed by atoms with Gasteiger partial charge in [-0.05, 0) is 38.0 Å². The van der Waals surface area contributed by atoms with Crippen molar-refractivity contribution in [1.82, 2.24) is 20.1 Å². The van der Waals surface area contributed by atoms with Crippen LogP contribution in [-0.4, -0.2) is 37.9 Å². The lowest BCUT2D eigenvalue weighted by Gasteiger charge is -2.22. The Hall–Kier alpha value is -1.99. The van der Waals surface area contributed by atoms with Gasteiger partial charge in [0.05, 0.1) is 5.60 Å². The third-order valence-corrected chi connectivity index (χ3v) is 4.80. The van der Waals surface area contributed by atoms with Crippen LogP contribution in [0.5, 0.6) is 0 Å². The van der Waals surface area contributed by atoms with Gasteiger partial charge in [-0.1, -0.05) is 36.6 Å². The Kier molecular flexibility index (Phi) is 4.82. The maximum atomic E-state index is 12.3. The van der Waals surface area contributed by atoms with E-state index in [1.807, 2.05) is 31.2 Å². The monoisotopic (exact) mass is 346 g/mol. The van der Waals surface area contributed by atoms with Gasteiger partial charge in [0, 0.05) is 12.1 Å². The molecule has 6 nitrogen and oxygen atoms in total. The number of aromatic amines is 1. The number of nitrogens with zero attached hydrogens (tertiary/aromatic N) is 2. The minimum atomic E-state index is -0.757. The lowest BCUT2D eigenvalue weighted by molar-refractivity contribution is -0.122. The Morgan fingerprint density at radius 2 is 2.21 bits per heavy atom. The molecule has 1 saturated carbocycles. The Morgan fingerprint density at radius 1 is 1.46 bits per heavy atom. The standard InChI is InChI=1S/C17H22N4O2S/c1-12-5-4-6-13(9-12)15-19-20-16(24)21(15)10-14(22)18-11-17(23)7-2-3-8-17/h4-6,9,23H,2-3,7-8,10-11H2,1H3,(H,18,22)(H,20,24). The average molecular weight is 346 g/mol. The second-order valence-corrected chi connectivity index (χ2v) is 6.90. The van der Waals surface area contributed by atoms with E-state index in [9.17, 15) is 9.90 Å². The molecule has 0 unspecified atom stereocenters. The number of nitrogens with one attached hydrogen (secondary N) is 2. The van der Waals surface area contributed by atoms with Crippen LogP contribution in [0, 0.1) is 11.7 Å². The van der Waals surface area contributed by atoms with E-state index < -0.39 is 5.60 Å². The first-order valence-electron chi connectivity index (χ1n) is 8.18. The molecule has 3 N–H and O–H groups in total. The summed E-state index contributed by atoms with van der Waals surface area (Å²) in [5.41, 5.74) is 1.26. The molecule has 0 spiro atoms. The molecule has 3 rings (SSSR count). The molecule has 1 heterocycles. The van der Waals surface area contributed by atoms with Crippen molar-refractivity contribution >= 4 is 18.1 Å². The van der Waals surface area contributed by atoms with Crippen molar-refractivity contribution in [2.45, 2.75) is 44.8 Å². The van der Waals surface area contributed by atoms with Crippen LogP contribution in [0.1, 0.15) is 31.2 Å². The summed E-state index contributed by atoms with van der Waals surface area (Å²) in [5, 5.41) is 20.1. The third-order valence-electron chi connectivity index (χ3n) is 4.49. The Morgan fingerprint density at radius 3 is 2.92 bits per heavy atom. The summed E-state index contributed by atoms with van der Waals surface area (Å²) >= 11 is 5.25. The van der Waals surface area contributed by atoms with Crippen molar-refractivity contribution in [3.8, 4) is 11.4 Å². The molecule has 1 amide bonds. The predicted molar refractivity (Wildman–Crippen MR) is 94.0 cm³/mol. The molecular formula is C17H22N4O2S. The summed E-state index contributed by atoms with van der Waals surface area (Å²) in [6.07, 6.45) is 3.51. The quantitative estimate of drug-likeness (QED) is 0.726. The van der Waals surface area contributed by atoms with Crippen molar-refractivity contribution in [2.75, 3.05) is 6.54 Å². The van der Waals surface area contributed by atoms with Gasteiger partial charge in [0.2, 0.25) is 5.91 Å². The summed E-state index contributed by atoms with van der Waals surface area (Å²) in [5.74, 6) is 0.458. The minimum Gasteiger partial charge on any atom is -0.388 e. The molecule has 1 aromatic carbocycles. The molecule has 24 heavy (non-hydrogen) atoms. The Bertz CT molecular complexity index is 790. The molecule has 1 fully saturated rings. The fourth-order valence-corrected chi connectivity index (χ4v) is 3.34. The van der Waals surface area contributed by atoms with Gasteiger partial charge in [-0.25, -0.2) is 0 Å². The summed E-state index contributed by atoms with van der Waals surface area (Å²) in [4.78, 5) is 12.3. The maximum absolute atomic E-state index is 12.3. The van der Waals surface area contributed by atoms with Crippen LogP contribution < -0.4 is 5.32 Å². The summed E-state index contributed by atoms with van der Waals surface area (Å²) in [6.45, 7) is 2.37. The number of benzene rings is 1. The van der Waals surface area contributed by atoms with E-state index in [1.54, 1.807) is 4.57 Å². The topological polar surface area (TPSA) is 82.9 Å². The Balaban J connectivity index is 1.72. The number of aliphatic hydroxyl groups is 1. The highest BCUT2D eigenvalue weighted by Gasteiger charge is 2.31. The normalized spacial score (nSPS) is 16.2. The summed E-state index contributed by atoms with van der Waals surface area (Å²) < 4.78 is 2.08. The second kappa shape index (κ2) is 6.86. The van der Waals surface area contributed by atoms with Crippen LogP contribution in [-0.2, 0) is 11.3 Å². The Labute approximate surface area is 145 Å². The molecule has 0 saturated heterocycles. The van der Waals surface area contributed by atoms with Gasteiger partial charge in [0.25, 0.3) is 0 Å². The highest BCUT2D eigenvalue weighted by Crippen LogP contribution is 2.28. The van der Waals surface area contributed by atoms with Crippen molar-refractivity contribution in [3.05, 3.63) is 34.6 Å². The van der Waals surface area contributed by atoms with Crippen LogP contribution >= 0.6 is 12.2 Å². The van der Waals surface area contributed by atoms with Gasteiger partial charge in [0.15, 0.2) is 10.6 Å². The average Bonchev–Trinajstić information content (AvgIpc) is 3.13. The van der Waals surface area contributed by atoms with E-state index in [2.05, 4.69) is 15.5 Å². The van der Waals surface area contributed by atoms with Gasteiger partial charge >= 0.3 is 0 Å². The van der Waals surface area contributed by atoms with Gasteiger partial charge < -0.3 is 10.4 Å².